The van der Waals surface area contributed by atoms with Crippen LogP contribution in [-0.2, 0) is 11.3 Å². The number of hydrogen-bond acceptors (Lipinski definition) is 3. The van der Waals surface area contributed by atoms with Crippen molar-refractivity contribution < 1.29 is 9.59 Å². The van der Waals surface area contributed by atoms with Gasteiger partial charge in [-0.15, -0.1) is 0 Å². The zero-order valence-corrected chi connectivity index (χ0v) is 14.6. The van der Waals surface area contributed by atoms with Gasteiger partial charge >= 0.3 is 0 Å². The number of benzene rings is 2. The van der Waals surface area contributed by atoms with E-state index in [-0.39, 0.29) is 23.8 Å². The molecule has 0 unspecified atom stereocenters. The lowest BCUT2D eigenvalue weighted by Crippen LogP contribution is -2.22. The molecule has 26 heavy (non-hydrogen) atoms. The molecule has 0 aliphatic rings. The topological polar surface area (TPSA) is 71.4 Å². The van der Waals surface area contributed by atoms with Crippen LogP contribution in [0.3, 0.4) is 0 Å². The van der Waals surface area contributed by atoms with Crippen LogP contribution in [0, 0.1) is 0 Å². The number of nitrogens with zero attached hydrogens (tertiary/aromatic N) is 2. The van der Waals surface area contributed by atoms with Crippen LogP contribution < -0.4 is 10.7 Å². The zero-order valence-electron chi connectivity index (χ0n) is 14.6. The molecular formula is C20H19N3O3. The van der Waals surface area contributed by atoms with Gasteiger partial charge in [0.05, 0.1) is 5.52 Å². The molecule has 0 spiro atoms. The van der Waals surface area contributed by atoms with E-state index in [0.717, 1.165) is 0 Å². The summed E-state index contributed by atoms with van der Waals surface area (Å²) in [6.45, 7) is 0.0622. The standard InChI is InChI=1S/C20H19N3O3/c1-22(2)20(26)14-6-5-7-15(12-14)21-19(25)13-23-11-10-18(24)16-8-3-4-9-17(16)23/h3-12H,13H2,1-2H3,(H,21,25). The number of anilines is 1. The largest absolute Gasteiger partial charge is 0.345 e. The van der Waals surface area contributed by atoms with E-state index in [0.29, 0.717) is 22.2 Å². The van der Waals surface area contributed by atoms with Crippen LogP contribution in [0.5, 0.6) is 0 Å². The SMILES string of the molecule is CN(C)C(=O)c1cccc(NC(=O)Cn2ccc(=O)c3ccccc32)c1. The minimum atomic E-state index is -0.242. The van der Waals surface area contributed by atoms with E-state index < -0.39 is 0 Å². The smallest absolute Gasteiger partial charge is 0.253 e. The summed E-state index contributed by atoms with van der Waals surface area (Å²) in [5.74, 6) is -0.374. The molecule has 0 aliphatic heterocycles. The van der Waals surface area contributed by atoms with Crippen molar-refractivity contribution in [3.05, 3.63) is 76.6 Å². The molecule has 1 N–H and O–H groups in total. The molecule has 3 rings (SSSR count). The molecular weight excluding hydrogens is 330 g/mol. The van der Waals surface area contributed by atoms with E-state index in [9.17, 15) is 14.4 Å². The van der Waals surface area contributed by atoms with Crippen molar-refractivity contribution >= 4 is 28.4 Å². The maximum Gasteiger partial charge on any atom is 0.253 e. The Morgan fingerprint density at radius 2 is 1.81 bits per heavy atom. The zero-order chi connectivity index (χ0) is 18.7. The lowest BCUT2D eigenvalue weighted by Gasteiger charge is -2.13. The van der Waals surface area contributed by atoms with Crippen molar-refractivity contribution in [1.82, 2.24) is 9.47 Å². The summed E-state index contributed by atoms with van der Waals surface area (Å²) in [6, 6.07) is 15.4. The number of para-hydroxylation sites is 1. The minimum absolute atomic E-state index is 0.0622. The Hall–Kier alpha value is -3.41. The number of amides is 2. The first kappa shape index (κ1) is 17.4. The van der Waals surface area contributed by atoms with E-state index in [4.69, 9.17) is 0 Å². The first-order valence-corrected chi connectivity index (χ1v) is 8.15. The number of nitrogens with one attached hydrogen (secondary N) is 1. The van der Waals surface area contributed by atoms with Gasteiger partial charge in [-0.2, -0.15) is 0 Å². The van der Waals surface area contributed by atoms with E-state index in [2.05, 4.69) is 5.32 Å². The third-order valence-corrected chi connectivity index (χ3v) is 4.00. The molecule has 0 fully saturated rings. The van der Waals surface area contributed by atoms with Gasteiger partial charge in [0.1, 0.15) is 6.54 Å². The van der Waals surface area contributed by atoms with Gasteiger partial charge in [-0.3, -0.25) is 14.4 Å². The van der Waals surface area contributed by atoms with Gasteiger partial charge in [0.25, 0.3) is 5.91 Å². The molecule has 2 amide bonds. The Morgan fingerprint density at radius 1 is 1.04 bits per heavy atom. The quantitative estimate of drug-likeness (QED) is 0.786. The predicted molar refractivity (Wildman–Crippen MR) is 101 cm³/mol. The summed E-state index contributed by atoms with van der Waals surface area (Å²) in [7, 11) is 3.35. The van der Waals surface area contributed by atoms with Crippen molar-refractivity contribution in [2.24, 2.45) is 0 Å². The highest BCUT2D eigenvalue weighted by molar-refractivity contribution is 5.97. The van der Waals surface area contributed by atoms with Gasteiger partial charge in [0.15, 0.2) is 5.43 Å². The molecule has 0 bridgehead atoms. The lowest BCUT2D eigenvalue weighted by molar-refractivity contribution is -0.116. The molecule has 6 heteroatoms. The van der Waals surface area contributed by atoms with E-state index >= 15 is 0 Å². The molecule has 1 aromatic heterocycles. The van der Waals surface area contributed by atoms with Gasteiger partial charge in [-0.05, 0) is 30.3 Å². The highest BCUT2D eigenvalue weighted by atomic mass is 16.2. The van der Waals surface area contributed by atoms with Crippen LogP contribution >= 0.6 is 0 Å². The Labute approximate surface area is 150 Å². The molecule has 0 saturated carbocycles. The predicted octanol–water partition coefficient (Wildman–Crippen LogP) is 2.34. The Balaban J connectivity index is 1.80. The molecule has 1 heterocycles. The van der Waals surface area contributed by atoms with Gasteiger partial charge in [0.2, 0.25) is 5.91 Å². The second-order valence-electron chi connectivity index (χ2n) is 6.15. The monoisotopic (exact) mass is 349 g/mol. The number of rotatable bonds is 4. The summed E-state index contributed by atoms with van der Waals surface area (Å²) < 4.78 is 1.72. The van der Waals surface area contributed by atoms with Crippen molar-refractivity contribution in [2.75, 3.05) is 19.4 Å². The fraction of sp³-hybridized carbons (Fsp3) is 0.150. The Bertz CT molecular complexity index is 1040. The summed E-state index contributed by atoms with van der Waals surface area (Å²) in [4.78, 5) is 37.8. The van der Waals surface area contributed by atoms with Crippen LogP contribution in [0.1, 0.15) is 10.4 Å². The third-order valence-electron chi connectivity index (χ3n) is 4.00. The summed E-state index contributed by atoms with van der Waals surface area (Å²) in [5, 5.41) is 3.37. The maximum atomic E-state index is 12.4. The van der Waals surface area contributed by atoms with Crippen molar-refractivity contribution in [3.8, 4) is 0 Å². The average molecular weight is 349 g/mol. The first-order chi connectivity index (χ1) is 12.5. The first-order valence-electron chi connectivity index (χ1n) is 8.15. The fourth-order valence-corrected chi connectivity index (χ4v) is 2.74. The van der Waals surface area contributed by atoms with Crippen molar-refractivity contribution in [2.45, 2.75) is 6.54 Å². The number of carbonyl (C=O) groups excluding carboxylic acids is 2. The van der Waals surface area contributed by atoms with Crippen LogP contribution in [0.25, 0.3) is 10.9 Å². The lowest BCUT2D eigenvalue weighted by atomic mass is 10.2. The molecule has 0 aliphatic carbocycles. The molecule has 0 saturated heterocycles. The Morgan fingerprint density at radius 3 is 2.58 bits per heavy atom. The maximum absolute atomic E-state index is 12.4. The summed E-state index contributed by atoms with van der Waals surface area (Å²) >= 11 is 0. The highest BCUT2D eigenvalue weighted by Gasteiger charge is 2.10. The molecule has 3 aromatic rings. The van der Waals surface area contributed by atoms with E-state index in [1.165, 1.54) is 11.0 Å². The minimum Gasteiger partial charge on any atom is -0.345 e. The van der Waals surface area contributed by atoms with E-state index in [1.54, 1.807) is 67.3 Å². The van der Waals surface area contributed by atoms with Gasteiger partial charge in [-0.1, -0.05) is 18.2 Å². The van der Waals surface area contributed by atoms with Crippen LogP contribution in [-0.4, -0.2) is 35.4 Å². The molecule has 2 aromatic carbocycles. The van der Waals surface area contributed by atoms with Gasteiger partial charge in [0, 0.05) is 43.0 Å². The van der Waals surface area contributed by atoms with Crippen molar-refractivity contribution in [3.63, 3.8) is 0 Å². The van der Waals surface area contributed by atoms with Crippen LogP contribution in [0.4, 0.5) is 5.69 Å². The summed E-state index contributed by atoms with van der Waals surface area (Å²) in [6.07, 6.45) is 1.61. The molecule has 132 valence electrons. The average Bonchev–Trinajstić information content (AvgIpc) is 2.64. The molecule has 6 nitrogen and oxygen atoms in total. The number of hydrogen-bond donors (Lipinski definition) is 1. The third kappa shape index (κ3) is 3.64. The van der Waals surface area contributed by atoms with Gasteiger partial charge in [-0.25, -0.2) is 0 Å². The second kappa shape index (κ2) is 7.23. The summed E-state index contributed by atoms with van der Waals surface area (Å²) in [5.41, 5.74) is 1.67. The molecule has 0 radical (unpaired) electrons. The fourth-order valence-electron chi connectivity index (χ4n) is 2.74. The second-order valence-corrected chi connectivity index (χ2v) is 6.15. The highest BCUT2D eigenvalue weighted by Crippen LogP contribution is 2.13. The number of carbonyl (C=O) groups is 2. The Kier molecular flexibility index (Phi) is 4.84. The van der Waals surface area contributed by atoms with Crippen LogP contribution in [0.2, 0.25) is 0 Å². The van der Waals surface area contributed by atoms with Crippen LogP contribution in [0.15, 0.2) is 65.6 Å². The molecule has 0 atom stereocenters. The van der Waals surface area contributed by atoms with Crippen molar-refractivity contribution in [1.29, 1.82) is 0 Å². The normalized spacial score (nSPS) is 10.5. The van der Waals surface area contributed by atoms with E-state index in [1.807, 2.05) is 6.07 Å². The number of aromatic nitrogens is 1. The van der Waals surface area contributed by atoms with Gasteiger partial charge < -0.3 is 14.8 Å². The number of pyridine rings is 1. The number of fused-ring (bicyclic) bond motifs is 1.